The van der Waals surface area contributed by atoms with E-state index in [0.717, 1.165) is 52.2 Å². The van der Waals surface area contributed by atoms with Crippen LogP contribution in [0.1, 0.15) is 35.1 Å². The Kier molecular flexibility index (Phi) is 5.91. The van der Waals surface area contributed by atoms with E-state index < -0.39 is 0 Å². The number of nitrogens with one attached hydrogen (secondary N) is 1. The van der Waals surface area contributed by atoms with Crippen LogP contribution in [0.4, 0.5) is 0 Å². The van der Waals surface area contributed by atoms with Crippen molar-refractivity contribution in [1.82, 2.24) is 29.5 Å². The highest BCUT2D eigenvalue weighted by atomic mass is 16.5. The highest BCUT2D eigenvalue weighted by Gasteiger charge is 2.33. The van der Waals surface area contributed by atoms with Crippen LogP contribution in [0.5, 0.6) is 5.75 Å². The van der Waals surface area contributed by atoms with Crippen molar-refractivity contribution >= 4 is 5.91 Å². The van der Waals surface area contributed by atoms with Gasteiger partial charge in [0, 0.05) is 32.4 Å². The van der Waals surface area contributed by atoms with Gasteiger partial charge in [0.05, 0.1) is 50.9 Å². The summed E-state index contributed by atoms with van der Waals surface area (Å²) in [5.74, 6) is 0.552. The van der Waals surface area contributed by atoms with Crippen molar-refractivity contribution in [3.8, 4) is 5.75 Å². The molecule has 2 saturated heterocycles. The quantitative estimate of drug-likeness (QED) is 0.740. The fourth-order valence-electron chi connectivity index (χ4n) is 3.84. The summed E-state index contributed by atoms with van der Waals surface area (Å²) in [4.78, 5) is 36.2. The van der Waals surface area contributed by atoms with Crippen molar-refractivity contribution in [2.45, 2.75) is 25.4 Å². The topological polar surface area (TPSA) is 106 Å². The molecule has 0 saturated carbocycles. The van der Waals surface area contributed by atoms with Gasteiger partial charge in [0.2, 0.25) is 5.75 Å². The number of carbonyl (C=O) groups excluding carboxylic acids is 1. The van der Waals surface area contributed by atoms with Crippen LogP contribution in [-0.4, -0.2) is 82.0 Å². The van der Waals surface area contributed by atoms with Crippen molar-refractivity contribution < 1.29 is 14.3 Å². The molecule has 10 nitrogen and oxygen atoms in total. The molecule has 4 rings (SSSR count). The van der Waals surface area contributed by atoms with Crippen LogP contribution >= 0.6 is 0 Å². The van der Waals surface area contributed by atoms with Crippen LogP contribution in [0.3, 0.4) is 0 Å². The Morgan fingerprint density at radius 3 is 2.86 bits per heavy atom. The molecule has 1 N–H and O–H groups in total. The van der Waals surface area contributed by atoms with E-state index in [-0.39, 0.29) is 23.3 Å². The van der Waals surface area contributed by atoms with E-state index in [1.54, 1.807) is 22.0 Å². The maximum atomic E-state index is 13.1. The summed E-state index contributed by atoms with van der Waals surface area (Å²) in [6.07, 6.45) is 6.42. The van der Waals surface area contributed by atoms with E-state index >= 15 is 0 Å². The van der Waals surface area contributed by atoms with Gasteiger partial charge in [-0.3, -0.25) is 19.2 Å². The normalized spacial score (nSPS) is 20.2. The molecule has 2 aromatic rings. The molecule has 0 aliphatic carbocycles. The fourth-order valence-corrected chi connectivity index (χ4v) is 3.84. The molecular weight excluding hydrogens is 376 g/mol. The Hall–Kier alpha value is -2.72. The minimum Gasteiger partial charge on any atom is -0.490 e. The lowest BCUT2D eigenvalue weighted by molar-refractivity contribution is 0.0359. The maximum absolute atomic E-state index is 13.1. The van der Waals surface area contributed by atoms with E-state index in [1.807, 2.05) is 0 Å². The molecule has 0 radical (unpaired) electrons. The van der Waals surface area contributed by atoms with E-state index in [4.69, 9.17) is 9.47 Å². The minimum atomic E-state index is -0.340. The van der Waals surface area contributed by atoms with Gasteiger partial charge < -0.3 is 19.4 Å². The first-order valence-corrected chi connectivity index (χ1v) is 9.92. The smallest absolute Gasteiger partial charge is 0.293 e. The number of aromatic nitrogens is 4. The summed E-state index contributed by atoms with van der Waals surface area (Å²) in [7, 11) is 1.42. The second-order valence-corrected chi connectivity index (χ2v) is 7.27. The molecule has 2 fully saturated rings. The summed E-state index contributed by atoms with van der Waals surface area (Å²) in [6.45, 7) is 5.61. The molecule has 1 unspecified atom stereocenters. The highest BCUT2D eigenvalue weighted by Crippen LogP contribution is 2.30. The van der Waals surface area contributed by atoms with Crippen molar-refractivity contribution in [2.75, 3.05) is 46.5 Å². The van der Waals surface area contributed by atoms with Gasteiger partial charge in [0.25, 0.3) is 11.5 Å². The van der Waals surface area contributed by atoms with Gasteiger partial charge in [0.15, 0.2) is 0 Å². The number of rotatable bonds is 6. The Bertz CT molecular complexity index is 904. The predicted octanol–water partition coefficient (Wildman–Crippen LogP) is 0.285. The maximum Gasteiger partial charge on any atom is 0.293 e. The number of hydrogen-bond acceptors (Lipinski definition) is 7. The van der Waals surface area contributed by atoms with Crippen LogP contribution in [0.15, 0.2) is 23.4 Å². The number of carbonyl (C=O) groups is 1. The Labute approximate surface area is 168 Å². The number of methoxy groups -OCH3 is 1. The number of nitrogens with zero attached hydrogens (tertiary/aromatic N) is 5. The molecule has 156 valence electrons. The van der Waals surface area contributed by atoms with Crippen LogP contribution in [0.2, 0.25) is 0 Å². The molecule has 2 aliphatic heterocycles. The van der Waals surface area contributed by atoms with Gasteiger partial charge in [0.1, 0.15) is 5.82 Å². The van der Waals surface area contributed by atoms with Gasteiger partial charge in [-0.15, -0.1) is 0 Å². The Morgan fingerprint density at radius 1 is 1.28 bits per heavy atom. The number of H-pyrrole nitrogens is 1. The number of morpholine rings is 1. The summed E-state index contributed by atoms with van der Waals surface area (Å²) >= 11 is 0. The van der Waals surface area contributed by atoms with E-state index in [1.165, 1.54) is 13.3 Å². The SMILES string of the molecule is COc1cnc(C2CCCN2C(=O)c2cnn(CCN3CCOCC3)c2)[nH]c1=O. The lowest BCUT2D eigenvalue weighted by Crippen LogP contribution is -2.38. The van der Waals surface area contributed by atoms with E-state index in [9.17, 15) is 9.59 Å². The third-order valence-electron chi connectivity index (χ3n) is 5.46. The fraction of sp³-hybridized carbons (Fsp3) is 0.579. The van der Waals surface area contributed by atoms with Crippen molar-refractivity contribution in [3.63, 3.8) is 0 Å². The van der Waals surface area contributed by atoms with Crippen molar-refractivity contribution in [1.29, 1.82) is 0 Å². The zero-order valence-electron chi connectivity index (χ0n) is 16.5. The average Bonchev–Trinajstić information content (AvgIpc) is 3.42. The minimum absolute atomic E-state index is 0.0939. The number of ether oxygens (including phenoxy) is 2. The number of likely N-dealkylation sites (tertiary alicyclic amines) is 1. The lowest BCUT2D eigenvalue weighted by atomic mass is 10.2. The van der Waals surface area contributed by atoms with Gasteiger partial charge in [-0.25, -0.2) is 4.98 Å². The summed E-state index contributed by atoms with van der Waals surface area (Å²) in [5, 5.41) is 4.35. The Balaban J connectivity index is 1.42. The number of aromatic amines is 1. The molecule has 10 heteroatoms. The van der Waals surface area contributed by atoms with Crippen molar-refractivity contribution in [2.24, 2.45) is 0 Å². The first-order valence-electron chi connectivity index (χ1n) is 9.92. The van der Waals surface area contributed by atoms with Gasteiger partial charge in [-0.05, 0) is 12.8 Å². The second-order valence-electron chi connectivity index (χ2n) is 7.27. The third-order valence-corrected chi connectivity index (χ3v) is 5.46. The molecule has 4 heterocycles. The Morgan fingerprint density at radius 2 is 2.10 bits per heavy atom. The summed E-state index contributed by atoms with van der Waals surface area (Å²) in [6, 6.07) is -0.252. The second kappa shape index (κ2) is 8.75. The van der Waals surface area contributed by atoms with E-state index in [0.29, 0.717) is 17.9 Å². The zero-order valence-corrected chi connectivity index (χ0v) is 16.5. The first-order chi connectivity index (χ1) is 14.2. The molecule has 2 aromatic heterocycles. The van der Waals surface area contributed by atoms with Crippen LogP contribution in [0.25, 0.3) is 0 Å². The predicted molar refractivity (Wildman–Crippen MR) is 104 cm³/mol. The number of hydrogen-bond donors (Lipinski definition) is 1. The third kappa shape index (κ3) is 4.33. The molecule has 29 heavy (non-hydrogen) atoms. The molecular formula is C19H26N6O4. The van der Waals surface area contributed by atoms with Crippen LogP contribution in [-0.2, 0) is 11.3 Å². The molecule has 2 aliphatic rings. The molecule has 1 atom stereocenters. The zero-order chi connectivity index (χ0) is 20.2. The average molecular weight is 402 g/mol. The van der Waals surface area contributed by atoms with E-state index in [2.05, 4.69) is 20.0 Å². The lowest BCUT2D eigenvalue weighted by Gasteiger charge is -2.26. The van der Waals surface area contributed by atoms with Crippen LogP contribution < -0.4 is 10.3 Å². The van der Waals surface area contributed by atoms with Gasteiger partial charge >= 0.3 is 0 Å². The van der Waals surface area contributed by atoms with Crippen LogP contribution in [0, 0.1) is 0 Å². The van der Waals surface area contributed by atoms with Gasteiger partial charge in [-0.2, -0.15) is 5.10 Å². The monoisotopic (exact) mass is 402 g/mol. The summed E-state index contributed by atoms with van der Waals surface area (Å²) in [5.41, 5.74) is 0.211. The first kappa shape index (κ1) is 19.6. The standard InChI is InChI=1S/C19H26N6O4/c1-28-16-12-20-17(22-18(16)26)15-3-2-4-25(15)19(27)14-11-21-24(13-14)6-5-23-7-9-29-10-8-23/h11-13,15H,2-10H2,1H3,(H,20,22,26). The molecule has 1 amide bonds. The van der Waals surface area contributed by atoms with Gasteiger partial charge in [-0.1, -0.05) is 0 Å². The molecule has 0 bridgehead atoms. The van der Waals surface area contributed by atoms with Crippen molar-refractivity contribution in [3.05, 3.63) is 40.3 Å². The summed E-state index contributed by atoms with van der Waals surface area (Å²) < 4.78 is 12.1. The molecule has 0 spiro atoms. The molecule has 0 aromatic carbocycles. The largest absolute Gasteiger partial charge is 0.490 e. The highest BCUT2D eigenvalue weighted by molar-refractivity contribution is 5.94. The number of amides is 1.